The molecule has 4 aliphatic carbocycles. The summed E-state index contributed by atoms with van der Waals surface area (Å²) in [5, 5.41) is 0. The molecule has 1 atom stereocenters. The average molecular weight is 264 g/mol. The van der Waals surface area contributed by atoms with E-state index in [1.54, 1.807) is 0 Å². The molecule has 108 valence electrons. The quantitative estimate of drug-likeness (QED) is 0.846. The van der Waals surface area contributed by atoms with Gasteiger partial charge in [0.05, 0.1) is 5.92 Å². The number of nitrogens with zero attached hydrogens (tertiary/aromatic N) is 1. The van der Waals surface area contributed by atoms with Gasteiger partial charge in [-0.3, -0.25) is 4.79 Å². The predicted octanol–water partition coefficient (Wildman–Crippen LogP) is 2.26. The summed E-state index contributed by atoms with van der Waals surface area (Å²) in [7, 11) is 1.92. The van der Waals surface area contributed by atoms with Gasteiger partial charge in [-0.05, 0) is 68.6 Å². The molecule has 1 unspecified atom stereocenters. The molecule has 0 aromatic carbocycles. The topological polar surface area (TPSA) is 46.3 Å². The monoisotopic (exact) mass is 264 g/mol. The van der Waals surface area contributed by atoms with E-state index in [0.717, 1.165) is 24.3 Å². The van der Waals surface area contributed by atoms with Crippen LogP contribution in [0, 0.1) is 29.1 Å². The Kier molecular flexibility index (Phi) is 3.36. The Morgan fingerprint density at radius 3 is 2.05 bits per heavy atom. The normalized spacial score (nSPS) is 41.3. The number of carbonyl (C=O) groups is 1. The summed E-state index contributed by atoms with van der Waals surface area (Å²) in [5.41, 5.74) is 6.29. The lowest BCUT2D eigenvalue weighted by Gasteiger charge is -2.59. The molecule has 0 aliphatic heterocycles. The van der Waals surface area contributed by atoms with Gasteiger partial charge >= 0.3 is 0 Å². The Morgan fingerprint density at radius 1 is 1.21 bits per heavy atom. The van der Waals surface area contributed by atoms with E-state index in [1.165, 1.54) is 38.5 Å². The molecule has 2 N–H and O–H groups in total. The van der Waals surface area contributed by atoms with Crippen molar-refractivity contribution in [2.24, 2.45) is 34.8 Å². The van der Waals surface area contributed by atoms with Crippen LogP contribution in [0.3, 0.4) is 0 Å². The zero-order valence-electron chi connectivity index (χ0n) is 12.4. The first-order chi connectivity index (χ1) is 9.08. The fourth-order valence-electron chi connectivity index (χ4n) is 5.64. The summed E-state index contributed by atoms with van der Waals surface area (Å²) in [6, 6.07) is 0. The van der Waals surface area contributed by atoms with Gasteiger partial charge in [0.25, 0.3) is 0 Å². The maximum absolute atomic E-state index is 12.7. The zero-order chi connectivity index (χ0) is 13.6. The van der Waals surface area contributed by atoms with E-state index < -0.39 is 0 Å². The second-order valence-electron chi connectivity index (χ2n) is 7.42. The number of hydrogen-bond acceptors (Lipinski definition) is 2. The molecule has 0 radical (unpaired) electrons. The SMILES string of the molecule is CCN(C)C(=O)C(CN)C12CC3CC(CC(C3)C1)C2. The Labute approximate surface area is 116 Å². The van der Waals surface area contributed by atoms with Crippen molar-refractivity contribution in [2.75, 3.05) is 20.1 Å². The second kappa shape index (κ2) is 4.76. The maximum atomic E-state index is 12.7. The molecule has 4 bridgehead atoms. The van der Waals surface area contributed by atoms with E-state index in [0.29, 0.717) is 12.5 Å². The molecule has 3 heteroatoms. The average Bonchev–Trinajstić information content (AvgIpc) is 2.36. The summed E-state index contributed by atoms with van der Waals surface area (Å²) in [6.07, 6.45) is 8.08. The highest BCUT2D eigenvalue weighted by Crippen LogP contribution is 2.62. The van der Waals surface area contributed by atoms with Crippen LogP contribution in [0.2, 0.25) is 0 Å². The summed E-state index contributed by atoms with van der Waals surface area (Å²) in [5.74, 6) is 3.04. The fourth-order valence-corrected chi connectivity index (χ4v) is 5.64. The molecule has 19 heavy (non-hydrogen) atoms. The smallest absolute Gasteiger partial charge is 0.227 e. The predicted molar refractivity (Wildman–Crippen MR) is 76.5 cm³/mol. The summed E-state index contributed by atoms with van der Waals surface area (Å²) >= 11 is 0. The van der Waals surface area contributed by atoms with E-state index in [-0.39, 0.29) is 11.3 Å². The summed E-state index contributed by atoms with van der Waals surface area (Å²) < 4.78 is 0. The highest BCUT2D eigenvalue weighted by Gasteiger charge is 2.55. The number of hydrogen-bond donors (Lipinski definition) is 1. The zero-order valence-corrected chi connectivity index (χ0v) is 12.4. The Bertz CT molecular complexity index is 330. The van der Waals surface area contributed by atoms with Gasteiger partial charge in [-0.15, -0.1) is 0 Å². The van der Waals surface area contributed by atoms with Crippen LogP contribution in [0.1, 0.15) is 45.4 Å². The Morgan fingerprint density at radius 2 is 1.68 bits per heavy atom. The fraction of sp³-hybridized carbons (Fsp3) is 0.938. The molecule has 0 saturated heterocycles. The van der Waals surface area contributed by atoms with Crippen molar-refractivity contribution in [3.05, 3.63) is 0 Å². The molecular weight excluding hydrogens is 236 g/mol. The first-order valence-electron chi connectivity index (χ1n) is 8.03. The van der Waals surface area contributed by atoms with E-state index in [9.17, 15) is 4.79 Å². The van der Waals surface area contributed by atoms with Crippen molar-refractivity contribution in [3.8, 4) is 0 Å². The van der Waals surface area contributed by atoms with Crippen LogP contribution in [0.25, 0.3) is 0 Å². The maximum Gasteiger partial charge on any atom is 0.227 e. The van der Waals surface area contributed by atoms with E-state index >= 15 is 0 Å². The minimum Gasteiger partial charge on any atom is -0.346 e. The molecule has 0 aromatic rings. The number of rotatable bonds is 4. The molecular formula is C16H28N2O. The van der Waals surface area contributed by atoms with Crippen LogP contribution < -0.4 is 5.73 Å². The van der Waals surface area contributed by atoms with Crippen LogP contribution >= 0.6 is 0 Å². The van der Waals surface area contributed by atoms with Gasteiger partial charge in [0, 0.05) is 20.1 Å². The van der Waals surface area contributed by atoms with Crippen LogP contribution in [0.5, 0.6) is 0 Å². The van der Waals surface area contributed by atoms with E-state index in [2.05, 4.69) is 0 Å². The first-order valence-corrected chi connectivity index (χ1v) is 8.03. The van der Waals surface area contributed by atoms with Crippen LogP contribution in [0.15, 0.2) is 0 Å². The lowest BCUT2D eigenvalue weighted by Crippen LogP contribution is -2.55. The highest BCUT2D eigenvalue weighted by atomic mass is 16.2. The molecule has 3 nitrogen and oxygen atoms in total. The van der Waals surface area contributed by atoms with Crippen molar-refractivity contribution in [2.45, 2.75) is 45.4 Å². The van der Waals surface area contributed by atoms with Crippen LogP contribution in [0.4, 0.5) is 0 Å². The molecule has 0 aromatic heterocycles. The number of amides is 1. The third kappa shape index (κ3) is 2.10. The van der Waals surface area contributed by atoms with Gasteiger partial charge in [-0.25, -0.2) is 0 Å². The number of nitrogens with two attached hydrogens (primary N) is 1. The third-order valence-electron chi connectivity index (χ3n) is 6.21. The van der Waals surface area contributed by atoms with E-state index in [1.807, 2.05) is 18.9 Å². The first kappa shape index (κ1) is 13.4. The molecule has 4 saturated carbocycles. The lowest BCUT2D eigenvalue weighted by molar-refractivity contribution is -0.149. The van der Waals surface area contributed by atoms with Gasteiger partial charge in [0.1, 0.15) is 0 Å². The Hall–Kier alpha value is -0.570. The largest absolute Gasteiger partial charge is 0.346 e. The van der Waals surface area contributed by atoms with E-state index in [4.69, 9.17) is 5.73 Å². The lowest BCUT2D eigenvalue weighted by atomic mass is 9.46. The van der Waals surface area contributed by atoms with Gasteiger partial charge in [-0.2, -0.15) is 0 Å². The third-order valence-corrected chi connectivity index (χ3v) is 6.21. The second-order valence-corrected chi connectivity index (χ2v) is 7.42. The molecule has 0 heterocycles. The van der Waals surface area contributed by atoms with Crippen molar-refractivity contribution in [1.29, 1.82) is 0 Å². The molecule has 0 spiro atoms. The Balaban J connectivity index is 1.84. The van der Waals surface area contributed by atoms with Gasteiger partial charge in [0.15, 0.2) is 0 Å². The molecule has 1 amide bonds. The van der Waals surface area contributed by atoms with Crippen molar-refractivity contribution >= 4 is 5.91 Å². The van der Waals surface area contributed by atoms with Gasteiger partial charge < -0.3 is 10.6 Å². The number of carbonyl (C=O) groups excluding carboxylic acids is 1. The van der Waals surface area contributed by atoms with Crippen molar-refractivity contribution < 1.29 is 4.79 Å². The van der Waals surface area contributed by atoms with Gasteiger partial charge in [0.2, 0.25) is 5.91 Å². The van der Waals surface area contributed by atoms with Crippen molar-refractivity contribution in [3.63, 3.8) is 0 Å². The van der Waals surface area contributed by atoms with Crippen LogP contribution in [-0.4, -0.2) is 30.9 Å². The molecule has 4 rings (SSSR count). The summed E-state index contributed by atoms with van der Waals surface area (Å²) in [4.78, 5) is 14.5. The molecule has 4 fully saturated rings. The van der Waals surface area contributed by atoms with Crippen molar-refractivity contribution in [1.82, 2.24) is 4.90 Å². The summed E-state index contributed by atoms with van der Waals surface area (Å²) in [6.45, 7) is 3.38. The minimum absolute atomic E-state index is 0.0749. The standard InChI is InChI=1S/C16H28N2O/c1-3-18(2)15(19)14(10-17)16-7-11-4-12(8-16)6-13(5-11)9-16/h11-14H,3-10,17H2,1-2H3. The van der Waals surface area contributed by atoms with Crippen LogP contribution in [-0.2, 0) is 4.79 Å². The highest BCUT2D eigenvalue weighted by molar-refractivity contribution is 5.79. The van der Waals surface area contributed by atoms with Gasteiger partial charge in [-0.1, -0.05) is 0 Å². The minimum atomic E-state index is 0.0749. The molecule has 4 aliphatic rings.